The van der Waals surface area contributed by atoms with Crippen LogP contribution < -0.4 is 10.1 Å². The lowest BCUT2D eigenvalue weighted by atomic mass is 10.0. The van der Waals surface area contributed by atoms with E-state index in [4.69, 9.17) is 4.74 Å². The van der Waals surface area contributed by atoms with Gasteiger partial charge >= 0.3 is 0 Å². The fourth-order valence-corrected chi connectivity index (χ4v) is 2.72. The van der Waals surface area contributed by atoms with Crippen molar-refractivity contribution in [1.29, 1.82) is 0 Å². The Hall–Kier alpha value is -1.46. The van der Waals surface area contributed by atoms with E-state index in [2.05, 4.69) is 34.0 Å². The summed E-state index contributed by atoms with van der Waals surface area (Å²) in [6.45, 7) is 5.12. The molecule has 2 aromatic rings. The zero-order chi connectivity index (χ0) is 13.7. The van der Waals surface area contributed by atoms with Gasteiger partial charge in [-0.2, -0.15) is 0 Å². The van der Waals surface area contributed by atoms with Crippen LogP contribution in [0.1, 0.15) is 35.5 Å². The van der Waals surface area contributed by atoms with E-state index in [1.165, 1.54) is 22.0 Å². The number of aromatic nitrogens is 2. The van der Waals surface area contributed by atoms with Gasteiger partial charge in [0.05, 0.1) is 23.7 Å². The van der Waals surface area contributed by atoms with Gasteiger partial charge in [0.15, 0.2) is 0 Å². The van der Waals surface area contributed by atoms with Crippen LogP contribution in [0.2, 0.25) is 0 Å². The molecule has 1 heterocycles. The van der Waals surface area contributed by atoms with Crippen molar-refractivity contribution >= 4 is 11.5 Å². The van der Waals surface area contributed by atoms with Gasteiger partial charge in [0.25, 0.3) is 0 Å². The van der Waals surface area contributed by atoms with Crippen molar-refractivity contribution < 1.29 is 4.74 Å². The first kappa shape index (κ1) is 14.0. The SMILES string of the molecule is CCCNC(c1cccc(OC)c1)c1snnc1C. The Morgan fingerprint density at radius 1 is 1.42 bits per heavy atom. The quantitative estimate of drug-likeness (QED) is 0.882. The standard InChI is InChI=1S/C14H19N3OS/c1-4-8-15-13(14-10(2)16-17-19-14)11-6-5-7-12(9-11)18-3/h5-7,9,13,15H,4,8H2,1-3H3. The number of nitrogens with one attached hydrogen (secondary N) is 1. The minimum Gasteiger partial charge on any atom is -0.497 e. The lowest BCUT2D eigenvalue weighted by molar-refractivity contribution is 0.413. The van der Waals surface area contributed by atoms with E-state index in [0.29, 0.717) is 0 Å². The van der Waals surface area contributed by atoms with Crippen LogP contribution in [0.4, 0.5) is 0 Å². The van der Waals surface area contributed by atoms with Crippen LogP contribution in [-0.4, -0.2) is 23.2 Å². The van der Waals surface area contributed by atoms with E-state index in [-0.39, 0.29) is 6.04 Å². The average Bonchev–Trinajstić information content (AvgIpc) is 2.86. The van der Waals surface area contributed by atoms with Crippen molar-refractivity contribution in [3.8, 4) is 5.75 Å². The number of hydrogen-bond donors (Lipinski definition) is 1. The molecule has 102 valence electrons. The van der Waals surface area contributed by atoms with Gasteiger partial charge in [0.2, 0.25) is 0 Å². The number of hydrogen-bond acceptors (Lipinski definition) is 5. The van der Waals surface area contributed by atoms with Gasteiger partial charge in [-0.15, -0.1) is 5.10 Å². The summed E-state index contributed by atoms with van der Waals surface area (Å²) in [6.07, 6.45) is 1.09. The zero-order valence-corrected chi connectivity index (χ0v) is 12.3. The molecule has 19 heavy (non-hydrogen) atoms. The average molecular weight is 277 g/mol. The van der Waals surface area contributed by atoms with Gasteiger partial charge in [-0.05, 0) is 49.1 Å². The van der Waals surface area contributed by atoms with E-state index in [9.17, 15) is 0 Å². The van der Waals surface area contributed by atoms with Gasteiger partial charge in [0.1, 0.15) is 5.75 Å². The molecule has 1 atom stereocenters. The Kier molecular flexibility index (Phi) is 4.87. The second kappa shape index (κ2) is 6.63. The van der Waals surface area contributed by atoms with Crippen LogP contribution in [0, 0.1) is 6.92 Å². The summed E-state index contributed by atoms with van der Waals surface area (Å²) in [5.74, 6) is 0.871. The zero-order valence-electron chi connectivity index (χ0n) is 11.5. The molecule has 1 unspecified atom stereocenters. The maximum Gasteiger partial charge on any atom is 0.119 e. The molecule has 0 amide bonds. The van der Waals surface area contributed by atoms with E-state index in [1.54, 1.807) is 7.11 Å². The third-order valence-corrected chi connectivity index (χ3v) is 3.87. The molecule has 0 saturated heterocycles. The fraction of sp³-hybridized carbons (Fsp3) is 0.429. The van der Waals surface area contributed by atoms with Crippen molar-refractivity contribution in [2.75, 3.05) is 13.7 Å². The van der Waals surface area contributed by atoms with Crippen molar-refractivity contribution in [2.45, 2.75) is 26.3 Å². The predicted octanol–water partition coefficient (Wildman–Crippen LogP) is 2.94. The lowest BCUT2D eigenvalue weighted by Gasteiger charge is -2.18. The molecule has 0 aliphatic heterocycles. The van der Waals surface area contributed by atoms with Crippen LogP contribution in [-0.2, 0) is 0 Å². The summed E-state index contributed by atoms with van der Waals surface area (Å²) < 4.78 is 9.34. The van der Waals surface area contributed by atoms with Crippen LogP contribution in [0.25, 0.3) is 0 Å². The van der Waals surface area contributed by atoms with Gasteiger partial charge in [0, 0.05) is 0 Å². The molecule has 0 saturated carbocycles. The molecule has 5 heteroatoms. The highest BCUT2D eigenvalue weighted by Gasteiger charge is 2.19. The molecule has 1 aromatic heterocycles. The van der Waals surface area contributed by atoms with E-state index in [0.717, 1.165) is 24.4 Å². The normalized spacial score (nSPS) is 12.4. The second-order valence-electron chi connectivity index (χ2n) is 4.39. The largest absolute Gasteiger partial charge is 0.497 e. The molecule has 2 rings (SSSR count). The van der Waals surface area contributed by atoms with Crippen LogP contribution in [0.5, 0.6) is 5.75 Å². The van der Waals surface area contributed by atoms with Crippen molar-refractivity contribution in [3.05, 3.63) is 40.4 Å². The molecule has 1 aromatic carbocycles. The summed E-state index contributed by atoms with van der Waals surface area (Å²) in [5, 5.41) is 7.67. The smallest absolute Gasteiger partial charge is 0.119 e. The topological polar surface area (TPSA) is 47.0 Å². The Balaban J connectivity index is 2.34. The van der Waals surface area contributed by atoms with Gasteiger partial charge < -0.3 is 10.1 Å². The molecule has 0 bridgehead atoms. The van der Waals surface area contributed by atoms with Gasteiger partial charge in [-0.3, -0.25) is 0 Å². The van der Waals surface area contributed by atoms with E-state index >= 15 is 0 Å². The maximum absolute atomic E-state index is 5.30. The summed E-state index contributed by atoms with van der Waals surface area (Å²) in [4.78, 5) is 1.17. The molecule has 0 aliphatic carbocycles. The summed E-state index contributed by atoms with van der Waals surface area (Å²) in [6, 6.07) is 8.27. The molecule has 1 N–H and O–H groups in total. The first-order valence-electron chi connectivity index (χ1n) is 6.42. The minimum atomic E-state index is 0.134. The van der Waals surface area contributed by atoms with Crippen molar-refractivity contribution in [3.63, 3.8) is 0 Å². The Bertz CT molecular complexity index is 527. The third-order valence-electron chi connectivity index (χ3n) is 2.97. The number of nitrogens with zero attached hydrogens (tertiary/aromatic N) is 2. The molecular formula is C14H19N3OS. The highest BCUT2D eigenvalue weighted by atomic mass is 32.1. The van der Waals surface area contributed by atoms with Gasteiger partial charge in [-0.1, -0.05) is 23.5 Å². The number of aryl methyl sites for hydroxylation is 1. The highest BCUT2D eigenvalue weighted by Crippen LogP contribution is 2.28. The number of rotatable bonds is 6. The molecule has 0 radical (unpaired) electrons. The van der Waals surface area contributed by atoms with E-state index < -0.39 is 0 Å². The van der Waals surface area contributed by atoms with Gasteiger partial charge in [-0.25, -0.2) is 0 Å². The fourth-order valence-electron chi connectivity index (χ4n) is 1.97. The van der Waals surface area contributed by atoms with Crippen molar-refractivity contribution in [1.82, 2.24) is 14.9 Å². The number of ether oxygens (including phenoxy) is 1. The third kappa shape index (κ3) is 3.30. The van der Waals surface area contributed by atoms with Crippen LogP contribution >= 0.6 is 11.5 Å². The number of benzene rings is 1. The van der Waals surface area contributed by atoms with Crippen LogP contribution in [0.3, 0.4) is 0 Å². The van der Waals surface area contributed by atoms with E-state index in [1.807, 2.05) is 19.1 Å². The highest BCUT2D eigenvalue weighted by molar-refractivity contribution is 7.05. The van der Waals surface area contributed by atoms with Crippen LogP contribution in [0.15, 0.2) is 24.3 Å². The second-order valence-corrected chi connectivity index (χ2v) is 5.17. The molecule has 0 fully saturated rings. The van der Waals surface area contributed by atoms with Crippen molar-refractivity contribution in [2.24, 2.45) is 0 Å². The summed E-state index contributed by atoms with van der Waals surface area (Å²) >= 11 is 1.45. The monoisotopic (exact) mass is 277 g/mol. The first-order chi connectivity index (χ1) is 9.26. The first-order valence-corrected chi connectivity index (χ1v) is 7.19. The maximum atomic E-state index is 5.30. The Morgan fingerprint density at radius 2 is 2.26 bits per heavy atom. The summed E-state index contributed by atoms with van der Waals surface area (Å²) in [5.41, 5.74) is 2.17. The molecular weight excluding hydrogens is 258 g/mol. The Labute approximate surface area is 118 Å². The lowest BCUT2D eigenvalue weighted by Crippen LogP contribution is -2.23. The molecule has 0 aliphatic rings. The molecule has 0 spiro atoms. The minimum absolute atomic E-state index is 0.134. The summed E-state index contributed by atoms with van der Waals surface area (Å²) in [7, 11) is 1.69. The predicted molar refractivity (Wildman–Crippen MR) is 77.8 cm³/mol. The number of methoxy groups -OCH3 is 1. The molecule has 4 nitrogen and oxygen atoms in total. The Morgan fingerprint density at radius 3 is 2.89 bits per heavy atom.